The van der Waals surface area contributed by atoms with Crippen molar-refractivity contribution in [3.63, 3.8) is 0 Å². The van der Waals surface area contributed by atoms with Crippen molar-refractivity contribution in [2.75, 3.05) is 5.32 Å². The molecule has 0 radical (unpaired) electrons. The van der Waals surface area contributed by atoms with Gasteiger partial charge in [-0.1, -0.05) is 11.6 Å². The van der Waals surface area contributed by atoms with Gasteiger partial charge in [-0.05, 0) is 12.1 Å². The maximum absolute atomic E-state index is 12.0. The Bertz CT molecular complexity index is 730. The first-order valence-corrected chi connectivity index (χ1v) is 6.11. The first-order chi connectivity index (χ1) is 10.4. The van der Waals surface area contributed by atoms with Gasteiger partial charge in [0.05, 0.1) is 27.3 Å². The number of rotatable bonds is 4. The molecule has 0 bridgehead atoms. The average Bonchev–Trinajstić information content (AvgIpc) is 2.47. The van der Waals surface area contributed by atoms with Crippen molar-refractivity contribution in [2.24, 2.45) is 0 Å². The third-order valence-corrected chi connectivity index (χ3v) is 3.00. The quantitative estimate of drug-likeness (QED) is 0.680. The molecule has 0 aliphatic heterocycles. The number of carbonyl (C=O) groups is 1. The van der Waals surface area contributed by atoms with Gasteiger partial charge in [0.2, 0.25) is 0 Å². The Kier molecular flexibility index (Phi) is 4.28. The molecule has 0 saturated heterocycles. The van der Waals surface area contributed by atoms with E-state index in [1.165, 1.54) is 12.4 Å². The van der Waals surface area contributed by atoms with Crippen LogP contribution in [-0.4, -0.2) is 20.7 Å². The minimum Gasteiger partial charge on any atom is -0.321 e. The monoisotopic (exact) mass is 322 g/mol. The van der Waals surface area contributed by atoms with Crippen LogP contribution in [0.4, 0.5) is 17.1 Å². The minimum absolute atomic E-state index is 0.258. The molecule has 10 heteroatoms. The van der Waals surface area contributed by atoms with Crippen molar-refractivity contribution in [2.45, 2.75) is 0 Å². The number of amides is 1. The van der Waals surface area contributed by atoms with Crippen molar-refractivity contribution in [1.82, 2.24) is 4.98 Å². The maximum atomic E-state index is 12.0. The van der Waals surface area contributed by atoms with Gasteiger partial charge in [0.15, 0.2) is 5.02 Å². The lowest BCUT2D eigenvalue weighted by Crippen LogP contribution is -2.13. The Labute approximate surface area is 127 Å². The van der Waals surface area contributed by atoms with E-state index in [1.54, 1.807) is 12.1 Å². The molecular formula is C12H7ClN4O5. The summed E-state index contributed by atoms with van der Waals surface area (Å²) < 4.78 is 0. The fourth-order valence-corrected chi connectivity index (χ4v) is 1.88. The number of nitrogens with zero attached hydrogens (tertiary/aromatic N) is 3. The largest absolute Gasteiger partial charge is 0.321 e. The van der Waals surface area contributed by atoms with Gasteiger partial charge >= 0.3 is 0 Å². The van der Waals surface area contributed by atoms with E-state index >= 15 is 0 Å². The molecule has 2 aromatic rings. The van der Waals surface area contributed by atoms with Crippen LogP contribution in [0.15, 0.2) is 36.7 Å². The van der Waals surface area contributed by atoms with Gasteiger partial charge < -0.3 is 5.32 Å². The number of carbonyl (C=O) groups excluding carboxylic acids is 1. The predicted molar refractivity (Wildman–Crippen MR) is 77.0 cm³/mol. The molecule has 9 nitrogen and oxygen atoms in total. The molecule has 0 atom stereocenters. The summed E-state index contributed by atoms with van der Waals surface area (Å²) in [5, 5.41) is 23.6. The van der Waals surface area contributed by atoms with Crippen molar-refractivity contribution in [3.8, 4) is 0 Å². The Hall–Kier alpha value is -3.07. The molecule has 1 N–H and O–H groups in total. The topological polar surface area (TPSA) is 128 Å². The third-order valence-electron chi connectivity index (χ3n) is 2.61. The summed E-state index contributed by atoms with van der Waals surface area (Å²) in [6, 6.07) is 4.87. The number of hydrogen-bond acceptors (Lipinski definition) is 6. The maximum Gasteiger partial charge on any atom is 0.295 e. The Morgan fingerprint density at radius 2 is 1.77 bits per heavy atom. The highest BCUT2D eigenvalue weighted by molar-refractivity contribution is 6.35. The molecule has 112 valence electrons. The second kappa shape index (κ2) is 6.14. The molecule has 1 heterocycles. The van der Waals surface area contributed by atoms with Crippen LogP contribution in [0.5, 0.6) is 0 Å². The Balaban J connectivity index is 2.44. The van der Waals surface area contributed by atoms with Crippen LogP contribution in [0.2, 0.25) is 5.02 Å². The minimum atomic E-state index is -0.893. The molecule has 1 aromatic carbocycles. The van der Waals surface area contributed by atoms with Crippen LogP contribution in [0.25, 0.3) is 0 Å². The Morgan fingerprint density at radius 1 is 1.18 bits per heavy atom. The molecule has 1 amide bonds. The van der Waals surface area contributed by atoms with Crippen LogP contribution in [0, 0.1) is 20.2 Å². The lowest BCUT2D eigenvalue weighted by Gasteiger charge is -2.05. The van der Waals surface area contributed by atoms with E-state index in [9.17, 15) is 25.0 Å². The van der Waals surface area contributed by atoms with E-state index < -0.39 is 32.2 Å². The second-order valence-electron chi connectivity index (χ2n) is 4.04. The summed E-state index contributed by atoms with van der Waals surface area (Å²) in [6.07, 6.45) is 2.85. The summed E-state index contributed by atoms with van der Waals surface area (Å²) in [4.78, 5) is 35.8. The second-order valence-corrected chi connectivity index (χ2v) is 4.42. The number of halogens is 1. The summed E-state index contributed by atoms with van der Waals surface area (Å²) in [6.45, 7) is 0. The third kappa shape index (κ3) is 3.15. The smallest absolute Gasteiger partial charge is 0.295 e. The van der Waals surface area contributed by atoms with E-state index in [2.05, 4.69) is 10.3 Å². The van der Waals surface area contributed by atoms with Crippen LogP contribution in [0.3, 0.4) is 0 Å². The number of nitro groups is 2. The number of nitro benzene ring substituents is 2. The molecule has 0 unspecified atom stereocenters. The van der Waals surface area contributed by atoms with Crippen LogP contribution in [0.1, 0.15) is 10.4 Å². The SMILES string of the molecule is O=C(Nc1cccnc1)c1cc([N+](=O)[O-])c(Cl)c([N+](=O)[O-])c1. The van der Waals surface area contributed by atoms with E-state index in [-0.39, 0.29) is 5.56 Å². The lowest BCUT2D eigenvalue weighted by molar-refractivity contribution is -0.393. The first-order valence-electron chi connectivity index (χ1n) is 5.74. The van der Waals surface area contributed by atoms with Crippen molar-refractivity contribution >= 4 is 34.6 Å². The zero-order valence-corrected chi connectivity index (χ0v) is 11.5. The van der Waals surface area contributed by atoms with Gasteiger partial charge in [-0.15, -0.1) is 0 Å². The number of benzene rings is 1. The van der Waals surface area contributed by atoms with Gasteiger partial charge in [-0.2, -0.15) is 0 Å². The number of anilines is 1. The Morgan fingerprint density at radius 3 is 2.23 bits per heavy atom. The van der Waals surface area contributed by atoms with Gasteiger partial charge in [-0.3, -0.25) is 30.0 Å². The van der Waals surface area contributed by atoms with E-state index in [0.717, 1.165) is 12.1 Å². The van der Waals surface area contributed by atoms with Gasteiger partial charge in [-0.25, -0.2) is 0 Å². The van der Waals surface area contributed by atoms with Crippen molar-refractivity contribution in [3.05, 3.63) is 67.5 Å². The number of nitrogens with one attached hydrogen (secondary N) is 1. The van der Waals surface area contributed by atoms with Gasteiger partial charge in [0.25, 0.3) is 17.3 Å². The van der Waals surface area contributed by atoms with Crippen molar-refractivity contribution in [1.29, 1.82) is 0 Å². The van der Waals surface area contributed by atoms with E-state index in [1.807, 2.05) is 0 Å². The lowest BCUT2D eigenvalue weighted by atomic mass is 10.1. The van der Waals surface area contributed by atoms with Crippen LogP contribution in [-0.2, 0) is 0 Å². The average molecular weight is 323 g/mol. The molecule has 0 aliphatic rings. The van der Waals surface area contributed by atoms with E-state index in [0.29, 0.717) is 5.69 Å². The number of hydrogen-bond donors (Lipinski definition) is 1. The zero-order valence-electron chi connectivity index (χ0n) is 10.7. The highest BCUT2D eigenvalue weighted by Gasteiger charge is 2.27. The van der Waals surface area contributed by atoms with Gasteiger partial charge in [0, 0.05) is 18.3 Å². The molecule has 2 rings (SSSR count). The van der Waals surface area contributed by atoms with Gasteiger partial charge in [0.1, 0.15) is 0 Å². The predicted octanol–water partition coefficient (Wildman–Crippen LogP) is 2.80. The fourth-order valence-electron chi connectivity index (χ4n) is 1.63. The molecule has 0 fully saturated rings. The molecule has 0 saturated carbocycles. The fraction of sp³-hybridized carbons (Fsp3) is 0. The number of aromatic nitrogens is 1. The highest BCUT2D eigenvalue weighted by Crippen LogP contribution is 2.35. The normalized spacial score (nSPS) is 10.0. The van der Waals surface area contributed by atoms with E-state index in [4.69, 9.17) is 11.6 Å². The molecule has 1 aromatic heterocycles. The summed E-state index contributed by atoms with van der Waals surface area (Å²) in [5.41, 5.74) is -1.35. The first kappa shape index (κ1) is 15.3. The highest BCUT2D eigenvalue weighted by atomic mass is 35.5. The standard InChI is InChI=1S/C12H7ClN4O5/c13-11-9(16(19)20)4-7(5-10(11)17(21)22)12(18)15-8-2-1-3-14-6-8/h1-6H,(H,15,18). The summed E-state index contributed by atoms with van der Waals surface area (Å²) in [7, 11) is 0. The summed E-state index contributed by atoms with van der Waals surface area (Å²) in [5.74, 6) is -0.754. The summed E-state index contributed by atoms with van der Waals surface area (Å²) >= 11 is 5.61. The molecular weight excluding hydrogens is 316 g/mol. The molecule has 0 spiro atoms. The molecule has 0 aliphatic carbocycles. The van der Waals surface area contributed by atoms with Crippen LogP contribution < -0.4 is 5.32 Å². The zero-order chi connectivity index (χ0) is 16.3. The van der Waals surface area contributed by atoms with Crippen molar-refractivity contribution < 1.29 is 14.6 Å². The molecule has 22 heavy (non-hydrogen) atoms. The number of pyridine rings is 1. The van der Waals surface area contributed by atoms with Crippen LogP contribution >= 0.6 is 11.6 Å².